The highest BCUT2D eigenvalue weighted by atomic mass is 16.5. The van der Waals surface area contributed by atoms with Crippen molar-refractivity contribution >= 4 is 0 Å². The van der Waals surface area contributed by atoms with Crippen LogP contribution in [-0.2, 0) is 5.41 Å². The summed E-state index contributed by atoms with van der Waals surface area (Å²) in [6, 6.07) is 8.03. The van der Waals surface area contributed by atoms with Crippen LogP contribution in [0.4, 0.5) is 0 Å². The Morgan fingerprint density at radius 3 is 2.62 bits per heavy atom. The summed E-state index contributed by atoms with van der Waals surface area (Å²) in [5.74, 6) is 0.862. The van der Waals surface area contributed by atoms with Gasteiger partial charge in [-0.25, -0.2) is 0 Å². The van der Waals surface area contributed by atoms with E-state index in [-0.39, 0.29) is 12.0 Å². The molecule has 1 atom stereocenters. The van der Waals surface area contributed by atoms with E-state index in [1.165, 1.54) is 5.56 Å². The molecule has 0 amide bonds. The summed E-state index contributed by atoms with van der Waals surface area (Å²) >= 11 is 0. The molecule has 3 nitrogen and oxygen atoms in total. The zero-order valence-electron chi connectivity index (χ0n) is 9.70. The minimum Gasteiger partial charge on any atom is -0.497 e. The highest BCUT2D eigenvalue weighted by molar-refractivity contribution is 5.33. The maximum atomic E-state index is 9.65. The van der Waals surface area contributed by atoms with Crippen LogP contribution >= 0.6 is 0 Å². The maximum Gasteiger partial charge on any atom is 0.118 e. The lowest BCUT2D eigenvalue weighted by atomic mass is 9.75. The van der Waals surface area contributed by atoms with E-state index < -0.39 is 0 Å². The largest absolute Gasteiger partial charge is 0.497 e. The summed E-state index contributed by atoms with van der Waals surface area (Å²) in [5.41, 5.74) is 1.09. The van der Waals surface area contributed by atoms with Crippen molar-refractivity contribution in [2.24, 2.45) is 0 Å². The Balaban J connectivity index is 2.24. The van der Waals surface area contributed by atoms with Crippen LogP contribution in [0.5, 0.6) is 5.75 Å². The molecule has 1 heterocycles. The SMILES string of the molecule is COc1ccc(C2(CO)CCCNC2)cc1. The first-order valence-electron chi connectivity index (χ1n) is 5.77. The minimum atomic E-state index is -0.107. The van der Waals surface area contributed by atoms with Gasteiger partial charge in [-0.15, -0.1) is 0 Å². The van der Waals surface area contributed by atoms with Gasteiger partial charge in [0.1, 0.15) is 5.75 Å². The van der Waals surface area contributed by atoms with Gasteiger partial charge in [0.15, 0.2) is 0 Å². The molecule has 0 radical (unpaired) electrons. The normalized spacial score (nSPS) is 25.4. The molecule has 2 N–H and O–H groups in total. The van der Waals surface area contributed by atoms with Gasteiger partial charge in [0.25, 0.3) is 0 Å². The van der Waals surface area contributed by atoms with Crippen LogP contribution in [0.25, 0.3) is 0 Å². The van der Waals surface area contributed by atoms with Crippen molar-refractivity contribution in [2.45, 2.75) is 18.3 Å². The van der Waals surface area contributed by atoms with Crippen molar-refractivity contribution in [2.75, 3.05) is 26.8 Å². The van der Waals surface area contributed by atoms with Crippen molar-refractivity contribution in [1.82, 2.24) is 5.32 Å². The van der Waals surface area contributed by atoms with E-state index >= 15 is 0 Å². The molecule has 1 aromatic rings. The Kier molecular flexibility index (Phi) is 3.46. The number of benzene rings is 1. The molecular formula is C13H19NO2. The molecule has 88 valence electrons. The van der Waals surface area contributed by atoms with Crippen molar-refractivity contribution < 1.29 is 9.84 Å². The first-order chi connectivity index (χ1) is 7.80. The van der Waals surface area contributed by atoms with Crippen LogP contribution in [0.2, 0.25) is 0 Å². The second kappa shape index (κ2) is 4.85. The second-order valence-corrected chi connectivity index (χ2v) is 4.45. The van der Waals surface area contributed by atoms with E-state index in [4.69, 9.17) is 4.74 Å². The van der Waals surface area contributed by atoms with Gasteiger partial charge in [0.05, 0.1) is 13.7 Å². The van der Waals surface area contributed by atoms with Gasteiger partial charge >= 0.3 is 0 Å². The lowest BCUT2D eigenvalue weighted by molar-refractivity contribution is 0.162. The Morgan fingerprint density at radius 1 is 1.38 bits per heavy atom. The van der Waals surface area contributed by atoms with E-state index in [1.54, 1.807) is 7.11 Å². The van der Waals surface area contributed by atoms with E-state index in [2.05, 4.69) is 17.4 Å². The van der Waals surface area contributed by atoms with Crippen molar-refractivity contribution in [3.05, 3.63) is 29.8 Å². The first kappa shape index (κ1) is 11.4. The smallest absolute Gasteiger partial charge is 0.118 e. The predicted molar refractivity (Wildman–Crippen MR) is 63.9 cm³/mol. The highest BCUT2D eigenvalue weighted by Crippen LogP contribution is 2.31. The minimum absolute atomic E-state index is 0.107. The molecule has 3 heteroatoms. The number of hydrogen-bond acceptors (Lipinski definition) is 3. The molecule has 0 bridgehead atoms. The van der Waals surface area contributed by atoms with Gasteiger partial charge in [-0.05, 0) is 37.1 Å². The number of rotatable bonds is 3. The fraction of sp³-hybridized carbons (Fsp3) is 0.538. The molecule has 0 spiro atoms. The quantitative estimate of drug-likeness (QED) is 0.808. The van der Waals surface area contributed by atoms with Crippen molar-refractivity contribution in [3.63, 3.8) is 0 Å². The Morgan fingerprint density at radius 2 is 2.12 bits per heavy atom. The van der Waals surface area contributed by atoms with Gasteiger partial charge in [-0.3, -0.25) is 0 Å². The Bertz CT molecular complexity index is 328. The van der Waals surface area contributed by atoms with Crippen LogP contribution in [0.3, 0.4) is 0 Å². The van der Waals surface area contributed by atoms with E-state index in [0.717, 1.165) is 31.7 Å². The fourth-order valence-corrected chi connectivity index (χ4v) is 2.39. The summed E-state index contributed by atoms with van der Waals surface area (Å²) in [5, 5.41) is 13.0. The number of nitrogens with one attached hydrogen (secondary N) is 1. The average Bonchev–Trinajstić information content (AvgIpc) is 2.39. The van der Waals surface area contributed by atoms with Gasteiger partial charge in [-0.1, -0.05) is 12.1 Å². The zero-order chi connectivity index (χ0) is 11.4. The van der Waals surface area contributed by atoms with Crippen LogP contribution in [-0.4, -0.2) is 31.9 Å². The molecule has 0 aromatic heterocycles. The van der Waals surface area contributed by atoms with Crippen LogP contribution in [0.1, 0.15) is 18.4 Å². The molecule has 1 saturated heterocycles. The number of aliphatic hydroxyl groups is 1. The number of hydrogen-bond donors (Lipinski definition) is 2. The van der Waals surface area contributed by atoms with Crippen LogP contribution in [0, 0.1) is 0 Å². The summed E-state index contributed by atoms with van der Waals surface area (Å²) in [6.07, 6.45) is 2.16. The molecule has 1 aliphatic heterocycles. The molecule has 1 unspecified atom stereocenters. The molecule has 1 aromatic carbocycles. The topological polar surface area (TPSA) is 41.5 Å². The predicted octanol–water partition coefficient (Wildman–Crippen LogP) is 1.31. The third kappa shape index (κ3) is 2.06. The molecule has 0 aliphatic carbocycles. The summed E-state index contributed by atoms with van der Waals surface area (Å²) in [4.78, 5) is 0. The molecule has 0 saturated carbocycles. The number of methoxy groups -OCH3 is 1. The lowest BCUT2D eigenvalue weighted by Gasteiger charge is -2.36. The van der Waals surface area contributed by atoms with Crippen LogP contribution < -0.4 is 10.1 Å². The molecule has 1 aliphatic rings. The van der Waals surface area contributed by atoms with Gasteiger partial charge < -0.3 is 15.2 Å². The number of ether oxygens (including phenoxy) is 1. The van der Waals surface area contributed by atoms with E-state index in [0.29, 0.717) is 0 Å². The van der Waals surface area contributed by atoms with Gasteiger partial charge in [0.2, 0.25) is 0 Å². The molecule has 2 rings (SSSR count). The number of aliphatic hydroxyl groups excluding tert-OH is 1. The lowest BCUT2D eigenvalue weighted by Crippen LogP contribution is -2.45. The standard InChI is InChI=1S/C13H19NO2/c1-16-12-5-3-11(4-6-12)13(10-15)7-2-8-14-9-13/h3-6,14-15H,2,7-10H2,1H3. The summed E-state index contributed by atoms with van der Waals surface area (Å²) in [7, 11) is 1.67. The second-order valence-electron chi connectivity index (χ2n) is 4.45. The third-order valence-electron chi connectivity index (χ3n) is 3.48. The highest BCUT2D eigenvalue weighted by Gasteiger charge is 2.33. The molecular weight excluding hydrogens is 202 g/mol. The monoisotopic (exact) mass is 221 g/mol. The van der Waals surface area contributed by atoms with Gasteiger partial charge in [-0.2, -0.15) is 0 Å². The summed E-state index contributed by atoms with van der Waals surface area (Å²) in [6.45, 7) is 2.11. The fourth-order valence-electron chi connectivity index (χ4n) is 2.39. The average molecular weight is 221 g/mol. The third-order valence-corrected chi connectivity index (χ3v) is 3.48. The van der Waals surface area contributed by atoms with Crippen molar-refractivity contribution in [1.29, 1.82) is 0 Å². The summed E-state index contributed by atoms with van der Waals surface area (Å²) < 4.78 is 5.14. The zero-order valence-corrected chi connectivity index (χ0v) is 9.70. The first-order valence-corrected chi connectivity index (χ1v) is 5.77. The van der Waals surface area contributed by atoms with E-state index in [1.807, 2.05) is 12.1 Å². The Hall–Kier alpha value is -1.06. The van der Waals surface area contributed by atoms with Crippen molar-refractivity contribution in [3.8, 4) is 5.75 Å². The van der Waals surface area contributed by atoms with E-state index in [9.17, 15) is 5.11 Å². The number of piperidine rings is 1. The Labute approximate surface area is 96.4 Å². The molecule has 1 fully saturated rings. The van der Waals surface area contributed by atoms with Crippen LogP contribution in [0.15, 0.2) is 24.3 Å². The molecule has 16 heavy (non-hydrogen) atoms. The maximum absolute atomic E-state index is 9.65. The van der Waals surface area contributed by atoms with Gasteiger partial charge in [0, 0.05) is 12.0 Å².